The maximum atomic E-state index is 12.3. The lowest BCUT2D eigenvalue weighted by Crippen LogP contribution is -2.39. The lowest BCUT2D eigenvalue weighted by Gasteiger charge is -2.24. The van der Waals surface area contributed by atoms with Crippen LogP contribution in [0.2, 0.25) is 0 Å². The van der Waals surface area contributed by atoms with E-state index < -0.39 is 0 Å². The maximum absolute atomic E-state index is 12.3. The lowest BCUT2D eigenvalue weighted by atomic mass is 10.1. The molecule has 0 atom stereocenters. The Labute approximate surface area is 150 Å². The molecule has 2 N–H and O–H groups in total. The molecule has 1 fully saturated rings. The highest BCUT2D eigenvalue weighted by atomic mass is 35.5. The van der Waals surface area contributed by atoms with Crippen LogP contribution < -0.4 is 10.6 Å². The predicted octanol–water partition coefficient (Wildman–Crippen LogP) is 2.95. The summed E-state index contributed by atoms with van der Waals surface area (Å²) < 4.78 is 0. The fourth-order valence-electron chi connectivity index (χ4n) is 2.80. The molecule has 0 aromatic heterocycles. The van der Waals surface area contributed by atoms with Crippen LogP contribution in [0.5, 0.6) is 0 Å². The highest BCUT2D eigenvalue weighted by Gasteiger charge is 2.18. The summed E-state index contributed by atoms with van der Waals surface area (Å²) in [5.74, 6) is -0.0244. The van der Waals surface area contributed by atoms with Crippen LogP contribution in [0.3, 0.4) is 0 Å². The molecular formula is C18H28ClN3O2. The van der Waals surface area contributed by atoms with E-state index in [1.165, 1.54) is 0 Å². The molecule has 6 heteroatoms. The summed E-state index contributed by atoms with van der Waals surface area (Å²) in [7, 11) is 0. The Morgan fingerprint density at radius 3 is 2.71 bits per heavy atom. The van der Waals surface area contributed by atoms with E-state index in [9.17, 15) is 9.59 Å². The first-order valence-corrected chi connectivity index (χ1v) is 8.57. The van der Waals surface area contributed by atoms with E-state index in [2.05, 4.69) is 17.6 Å². The van der Waals surface area contributed by atoms with Crippen LogP contribution in [0.25, 0.3) is 0 Å². The number of nitrogens with zero attached hydrogens (tertiary/aromatic N) is 1. The number of anilines is 1. The number of carbonyl (C=O) groups is 2. The van der Waals surface area contributed by atoms with Gasteiger partial charge in [-0.05, 0) is 31.0 Å². The average molecular weight is 354 g/mol. The molecule has 1 heterocycles. The van der Waals surface area contributed by atoms with Crippen LogP contribution in [0, 0.1) is 0 Å². The molecule has 2 rings (SSSR count). The molecule has 0 radical (unpaired) electrons. The zero-order chi connectivity index (χ0) is 16.5. The summed E-state index contributed by atoms with van der Waals surface area (Å²) in [5.41, 5.74) is 1.87. The second kappa shape index (κ2) is 11.0. The van der Waals surface area contributed by atoms with E-state index in [0.29, 0.717) is 13.0 Å². The van der Waals surface area contributed by atoms with Crippen molar-refractivity contribution in [3.8, 4) is 0 Å². The zero-order valence-corrected chi connectivity index (χ0v) is 15.2. The van der Waals surface area contributed by atoms with Gasteiger partial charge in [0.15, 0.2) is 0 Å². The van der Waals surface area contributed by atoms with Crippen LogP contribution in [0.15, 0.2) is 24.3 Å². The number of halogens is 1. The molecule has 0 aliphatic carbocycles. The van der Waals surface area contributed by atoms with Gasteiger partial charge < -0.3 is 15.5 Å². The van der Waals surface area contributed by atoms with Crippen LogP contribution in [-0.2, 0) is 16.1 Å². The topological polar surface area (TPSA) is 61.4 Å². The number of benzene rings is 1. The van der Waals surface area contributed by atoms with E-state index >= 15 is 0 Å². The number of para-hydroxylation sites is 1. The average Bonchev–Trinajstić information content (AvgIpc) is 2.54. The summed E-state index contributed by atoms with van der Waals surface area (Å²) in [6.45, 7) is 4.48. The molecular weight excluding hydrogens is 326 g/mol. The van der Waals surface area contributed by atoms with Gasteiger partial charge in [-0.15, -0.1) is 12.4 Å². The Hall–Kier alpha value is -1.59. The highest BCUT2D eigenvalue weighted by molar-refractivity contribution is 5.95. The van der Waals surface area contributed by atoms with Crippen molar-refractivity contribution in [2.45, 2.75) is 45.6 Å². The van der Waals surface area contributed by atoms with E-state index in [1.54, 1.807) is 4.90 Å². The third-order valence-corrected chi connectivity index (χ3v) is 4.11. The van der Waals surface area contributed by atoms with Crippen molar-refractivity contribution in [3.05, 3.63) is 29.8 Å². The predicted molar refractivity (Wildman–Crippen MR) is 99.4 cm³/mol. The first kappa shape index (κ1) is 20.5. The molecule has 1 aromatic rings. The van der Waals surface area contributed by atoms with E-state index in [0.717, 1.165) is 50.0 Å². The second-order valence-electron chi connectivity index (χ2n) is 5.97. The number of amides is 2. The summed E-state index contributed by atoms with van der Waals surface area (Å²) in [6.07, 6.45) is 4.73. The Bertz CT molecular complexity index is 537. The third-order valence-electron chi connectivity index (χ3n) is 4.11. The molecule has 0 unspecified atom stereocenters. The number of nitrogens with one attached hydrogen (secondary N) is 2. The minimum absolute atomic E-state index is 0. The van der Waals surface area contributed by atoms with Crippen LogP contribution >= 0.6 is 12.4 Å². The largest absolute Gasteiger partial charge is 0.333 e. The second-order valence-corrected chi connectivity index (χ2v) is 5.97. The molecule has 2 amide bonds. The Balaban J connectivity index is 0.00000288. The van der Waals surface area contributed by atoms with Crippen molar-refractivity contribution in [3.63, 3.8) is 0 Å². The van der Waals surface area contributed by atoms with Gasteiger partial charge in [0.2, 0.25) is 11.8 Å². The van der Waals surface area contributed by atoms with Crippen LogP contribution in [-0.4, -0.2) is 36.3 Å². The van der Waals surface area contributed by atoms with E-state index in [4.69, 9.17) is 0 Å². The fraction of sp³-hybridized carbons (Fsp3) is 0.556. The van der Waals surface area contributed by atoms with Crippen molar-refractivity contribution in [1.82, 2.24) is 10.2 Å². The summed E-state index contributed by atoms with van der Waals surface area (Å²) in [6, 6.07) is 7.77. The van der Waals surface area contributed by atoms with Gasteiger partial charge >= 0.3 is 0 Å². The lowest BCUT2D eigenvalue weighted by molar-refractivity contribution is -0.135. The van der Waals surface area contributed by atoms with Crippen molar-refractivity contribution in [1.29, 1.82) is 0 Å². The van der Waals surface area contributed by atoms with Gasteiger partial charge in [-0.1, -0.05) is 38.0 Å². The number of likely N-dealkylation sites (tertiary alicyclic amines) is 1. The minimum Gasteiger partial charge on any atom is -0.333 e. The molecule has 1 saturated heterocycles. The zero-order valence-electron chi connectivity index (χ0n) is 14.3. The molecule has 0 saturated carbocycles. The monoisotopic (exact) mass is 353 g/mol. The van der Waals surface area contributed by atoms with Gasteiger partial charge in [0.1, 0.15) is 0 Å². The SMILES string of the molecule is CCNCc1ccccc1NC(=O)CN1CCCCCCC1=O.Cl. The first-order valence-electron chi connectivity index (χ1n) is 8.57. The molecule has 1 aliphatic heterocycles. The van der Waals surface area contributed by atoms with Crippen molar-refractivity contribution in [2.24, 2.45) is 0 Å². The number of hydrogen-bond donors (Lipinski definition) is 2. The highest BCUT2D eigenvalue weighted by Crippen LogP contribution is 2.16. The Morgan fingerprint density at radius 1 is 1.17 bits per heavy atom. The number of hydrogen-bond acceptors (Lipinski definition) is 3. The van der Waals surface area contributed by atoms with E-state index in [-0.39, 0.29) is 30.8 Å². The first-order chi connectivity index (χ1) is 11.2. The van der Waals surface area contributed by atoms with Crippen molar-refractivity contribution < 1.29 is 9.59 Å². The normalized spacial score (nSPS) is 15.2. The standard InChI is InChI=1S/C18H27N3O2.ClH/c1-2-19-13-15-9-6-7-10-16(15)20-17(22)14-21-12-8-4-3-5-11-18(21)23;/h6-7,9-10,19H,2-5,8,11-14H2,1H3,(H,20,22);1H. The third kappa shape index (κ3) is 6.49. The molecule has 0 bridgehead atoms. The molecule has 0 spiro atoms. The van der Waals surface area contributed by atoms with Gasteiger partial charge in [-0.25, -0.2) is 0 Å². The van der Waals surface area contributed by atoms with Crippen LogP contribution in [0.1, 0.15) is 44.6 Å². The molecule has 134 valence electrons. The smallest absolute Gasteiger partial charge is 0.244 e. The number of rotatable bonds is 6. The quantitative estimate of drug-likeness (QED) is 0.826. The van der Waals surface area contributed by atoms with E-state index in [1.807, 2.05) is 24.3 Å². The summed E-state index contributed by atoms with van der Waals surface area (Å²) in [5, 5.41) is 6.22. The van der Waals surface area contributed by atoms with Gasteiger partial charge in [-0.2, -0.15) is 0 Å². The van der Waals surface area contributed by atoms with Gasteiger partial charge in [0.05, 0.1) is 6.54 Å². The number of carbonyl (C=O) groups excluding carboxylic acids is 2. The Morgan fingerprint density at radius 2 is 1.92 bits per heavy atom. The maximum Gasteiger partial charge on any atom is 0.244 e. The molecule has 5 nitrogen and oxygen atoms in total. The van der Waals surface area contributed by atoms with Gasteiger partial charge in [-0.3, -0.25) is 9.59 Å². The molecule has 1 aliphatic rings. The summed E-state index contributed by atoms with van der Waals surface area (Å²) >= 11 is 0. The van der Waals surface area contributed by atoms with Crippen molar-refractivity contribution >= 4 is 29.9 Å². The molecule has 24 heavy (non-hydrogen) atoms. The molecule has 1 aromatic carbocycles. The summed E-state index contributed by atoms with van der Waals surface area (Å²) in [4.78, 5) is 26.1. The van der Waals surface area contributed by atoms with Gasteiger partial charge in [0, 0.05) is 25.2 Å². The fourth-order valence-corrected chi connectivity index (χ4v) is 2.80. The van der Waals surface area contributed by atoms with Crippen LogP contribution in [0.4, 0.5) is 5.69 Å². The van der Waals surface area contributed by atoms with Gasteiger partial charge in [0.25, 0.3) is 0 Å². The minimum atomic E-state index is -0.122. The Kier molecular flexibility index (Phi) is 9.42. The van der Waals surface area contributed by atoms with Crippen molar-refractivity contribution in [2.75, 3.05) is 25.0 Å².